The zero-order valence-electron chi connectivity index (χ0n) is 15.9. The van der Waals surface area contributed by atoms with Gasteiger partial charge in [0, 0.05) is 5.56 Å². The highest BCUT2D eigenvalue weighted by Crippen LogP contribution is 2.29. The Morgan fingerprint density at radius 3 is 2.21 bits per heavy atom. The first-order valence-corrected chi connectivity index (χ1v) is 9.20. The maximum absolute atomic E-state index is 10.8. The molecule has 0 saturated heterocycles. The van der Waals surface area contributed by atoms with Gasteiger partial charge in [-0.3, -0.25) is 0 Å². The van der Waals surface area contributed by atoms with Gasteiger partial charge in [0.15, 0.2) is 0 Å². The third-order valence-corrected chi connectivity index (χ3v) is 4.73. The third-order valence-electron chi connectivity index (χ3n) is 4.73. The normalized spacial score (nSPS) is 11.1. The van der Waals surface area contributed by atoms with Gasteiger partial charge in [-0.05, 0) is 60.0 Å². The summed E-state index contributed by atoms with van der Waals surface area (Å²) < 4.78 is 5.82. The average Bonchev–Trinajstić information content (AvgIpc) is 3.17. The number of aryl methyl sites for hydroxylation is 1. The molecule has 1 heterocycles. The van der Waals surface area contributed by atoms with Crippen molar-refractivity contribution in [3.63, 3.8) is 0 Å². The van der Waals surface area contributed by atoms with Gasteiger partial charge in [-0.15, -0.1) is 15.0 Å². The lowest BCUT2D eigenvalue weighted by Gasteiger charge is -2.13. The molecule has 0 aliphatic heterocycles. The molecule has 0 atom stereocenters. The molecule has 1 aromatic heterocycles. The van der Waals surface area contributed by atoms with E-state index >= 15 is 0 Å². The first-order valence-electron chi connectivity index (χ1n) is 9.20. The Balaban J connectivity index is 1.63. The van der Waals surface area contributed by atoms with Crippen LogP contribution in [0.1, 0.15) is 22.3 Å². The van der Waals surface area contributed by atoms with Crippen molar-refractivity contribution >= 4 is 11.0 Å². The van der Waals surface area contributed by atoms with E-state index in [0.29, 0.717) is 28.1 Å². The number of benzene rings is 3. The van der Waals surface area contributed by atoms with Crippen LogP contribution in [0.5, 0.6) is 11.5 Å². The van der Waals surface area contributed by atoms with E-state index in [1.807, 2.05) is 43.3 Å². The Morgan fingerprint density at radius 1 is 0.862 bits per heavy atom. The van der Waals surface area contributed by atoms with E-state index in [2.05, 4.69) is 10.2 Å². The van der Waals surface area contributed by atoms with Gasteiger partial charge >= 0.3 is 0 Å². The Kier molecular flexibility index (Phi) is 5.16. The lowest BCUT2D eigenvalue weighted by Crippen LogP contribution is -2.04. The predicted octanol–water partition coefficient (Wildman–Crippen LogP) is 3.00. The Labute approximate surface area is 167 Å². The van der Waals surface area contributed by atoms with Gasteiger partial charge in [0.25, 0.3) is 0 Å². The van der Waals surface area contributed by atoms with Gasteiger partial charge in [0.2, 0.25) is 0 Å². The molecule has 4 aromatic rings. The van der Waals surface area contributed by atoms with Gasteiger partial charge in [0.1, 0.15) is 34.8 Å². The number of rotatable bonds is 6. The lowest BCUT2D eigenvalue weighted by atomic mass is 10.1. The second kappa shape index (κ2) is 7.90. The SMILES string of the molecule is Cc1cc(COc2ccc(CO)c(CO)c2)c(O)c(-n2nc3ccccc3n2)c1. The number of phenolic OH excluding ortho intramolecular Hbond substituents is 1. The van der Waals surface area contributed by atoms with Gasteiger partial charge in [-0.2, -0.15) is 0 Å². The number of hydrogen-bond donors (Lipinski definition) is 3. The number of phenols is 1. The van der Waals surface area contributed by atoms with E-state index in [1.54, 1.807) is 18.2 Å². The Hall–Kier alpha value is -3.42. The van der Waals surface area contributed by atoms with Gasteiger partial charge in [0.05, 0.1) is 13.2 Å². The van der Waals surface area contributed by atoms with Crippen LogP contribution >= 0.6 is 0 Å². The quantitative estimate of drug-likeness (QED) is 0.467. The zero-order chi connectivity index (χ0) is 20.4. The van der Waals surface area contributed by atoms with Crippen molar-refractivity contribution in [1.82, 2.24) is 15.0 Å². The monoisotopic (exact) mass is 391 g/mol. The molecular weight excluding hydrogens is 370 g/mol. The van der Waals surface area contributed by atoms with Crippen LogP contribution in [0, 0.1) is 6.92 Å². The fourth-order valence-corrected chi connectivity index (χ4v) is 3.22. The summed E-state index contributed by atoms with van der Waals surface area (Å²) in [6.45, 7) is 1.72. The highest BCUT2D eigenvalue weighted by molar-refractivity contribution is 5.73. The van der Waals surface area contributed by atoms with Crippen LogP contribution in [-0.4, -0.2) is 30.3 Å². The Morgan fingerprint density at radius 2 is 1.55 bits per heavy atom. The van der Waals surface area contributed by atoms with Crippen LogP contribution in [0.4, 0.5) is 0 Å². The van der Waals surface area contributed by atoms with E-state index in [4.69, 9.17) is 4.74 Å². The second-order valence-corrected chi connectivity index (χ2v) is 6.81. The van der Waals surface area contributed by atoms with Crippen molar-refractivity contribution in [2.24, 2.45) is 0 Å². The molecule has 29 heavy (non-hydrogen) atoms. The molecule has 148 valence electrons. The molecule has 0 amide bonds. The molecule has 7 heteroatoms. The van der Waals surface area contributed by atoms with E-state index in [0.717, 1.165) is 16.6 Å². The lowest BCUT2D eigenvalue weighted by molar-refractivity contribution is 0.257. The zero-order valence-corrected chi connectivity index (χ0v) is 15.9. The molecule has 0 bridgehead atoms. The van der Waals surface area contributed by atoms with Crippen LogP contribution in [0.15, 0.2) is 54.6 Å². The first kappa shape index (κ1) is 18.9. The minimum Gasteiger partial charge on any atom is -0.505 e. The van der Waals surface area contributed by atoms with E-state index < -0.39 is 0 Å². The standard InChI is InChI=1S/C22H21N3O4/c1-14-8-17(13-29-18-7-6-15(11-26)16(10-18)12-27)22(28)21(9-14)25-23-19-4-2-3-5-20(19)24-25/h2-10,26-28H,11-13H2,1H3. The molecular formula is C22H21N3O4. The second-order valence-electron chi connectivity index (χ2n) is 6.81. The summed E-state index contributed by atoms with van der Waals surface area (Å²) in [6.07, 6.45) is 0. The van der Waals surface area contributed by atoms with Crippen LogP contribution in [0.3, 0.4) is 0 Å². The predicted molar refractivity (Wildman–Crippen MR) is 108 cm³/mol. The molecule has 3 N–H and O–H groups in total. The van der Waals surface area contributed by atoms with E-state index in [1.165, 1.54) is 4.80 Å². The molecule has 0 saturated carbocycles. The van der Waals surface area contributed by atoms with Crippen molar-refractivity contribution in [1.29, 1.82) is 0 Å². The fraction of sp³-hybridized carbons (Fsp3) is 0.182. The van der Waals surface area contributed by atoms with E-state index in [9.17, 15) is 15.3 Å². The largest absolute Gasteiger partial charge is 0.505 e. The molecule has 0 unspecified atom stereocenters. The van der Waals surface area contributed by atoms with Crippen molar-refractivity contribution in [2.45, 2.75) is 26.7 Å². The summed E-state index contributed by atoms with van der Waals surface area (Å²) in [5, 5.41) is 38.4. The van der Waals surface area contributed by atoms with Crippen molar-refractivity contribution in [3.8, 4) is 17.2 Å². The Bertz CT molecular complexity index is 1140. The molecule has 0 radical (unpaired) electrons. The number of aliphatic hydroxyl groups is 2. The minimum atomic E-state index is -0.189. The van der Waals surface area contributed by atoms with Crippen LogP contribution in [0.2, 0.25) is 0 Å². The van der Waals surface area contributed by atoms with Gasteiger partial charge in [-0.25, -0.2) is 0 Å². The number of ether oxygens (including phenoxy) is 1. The number of aromatic nitrogens is 3. The van der Waals surface area contributed by atoms with Crippen LogP contribution in [0.25, 0.3) is 16.7 Å². The number of hydrogen-bond acceptors (Lipinski definition) is 6. The molecule has 7 nitrogen and oxygen atoms in total. The molecule has 0 spiro atoms. The smallest absolute Gasteiger partial charge is 0.149 e. The van der Waals surface area contributed by atoms with Crippen LogP contribution < -0.4 is 4.74 Å². The summed E-state index contributed by atoms with van der Waals surface area (Å²) in [5.74, 6) is 0.585. The van der Waals surface area contributed by atoms with Crippen molar-refractivity contribution < 1.29 is 20.1 Å². The molecule has 3 aromatic carbocycles. The topological polar surface area (TPSA) is 101 Å². The van der Waals surface area contributed by atoms with Crippen molar-refractivity contribution in [3.05, 3.63) is 76.9 Å². The summed E-state index contributed by atoms with van der Waals surface area (Å²) in [4.78, 5) is 1.43. The number of aliphatic hydroxyl groups excluding tert-OH is 2. The molecule has 0 aliphatic carbocycles. The van der Waals surface area contributed by atoms with Gasteiger partial charge in [-0.1, -0.05) is 18.2 Å². The summed E-state index contributed by atoms with van der Waals surface area (Å²) >= 11 is 0. The molecule has 0 fully saturated rings. The van der Waals surface area contributed by atoms with Crippen molar-refractivity contribution in [2.75, 3.05) is 0 Å². The van der Waals surface area contributed by atoms with Crippen LogP contribution in [-0.2, 0) is 19.8 Å². The molecule has 0 aliphatic rings. The van der Waals surface area contributed by atoms with E-state index in [-0.39, 0.29) is 25.6 Å². The first-order chi connectivity index (χ1) is 14.1. The maximum atomic E-state index is 10.8. The summed E-state index contributed by atoms with van der Waals surface area (Å²) in [6, 6.07) is 16.3. The number of nitrogens with zero attached hydrogens (tertiary/aromatic N) is 3. The third kappa shape index (κ3) is 3.78. The van der Waals surface area contributed by atoms with Gasteiger partial charge < -0.3 is 20.1 Å². The highest BCUT2D eigenvalue weighted by Gasteiger charge is 2.14. The maximum Gasteiger partial charge on any atom is 0.149 e. The molecule has 4 rings (SSSR count). The minimum absolute atomic E-state index is 0.0465. The summed E-state index contributed by atoms with van der Waals surface area (Å²) in [7, 11) is 0. The number of aromatic hydroxyl groups is 1. The average molecular weight is 391 g/mol. The summed E-state index contributed by atoms with van der Waals surface area (Å²) in [5.41, 5.74) is 4.75. The fourth-order valence-electron chi connectivity index (χ4n) is 3.22. The number of fused-ring (bicyclic) bond motifs is 1. The highest BCUT2D eigenvalue weighted by atomic mass is 16.5.